The predicted molar refractivity (Wildman–Crippen MR) is 58.1 cm³/mol. The van der Waals surface area contributed by atoms with Gasteiger partial charge < -0.3 is 9.84 Å². The van der Waals surface area contributed by atoms with Gasteiger partial charge in [0.1, 0.15) is 5.75 Å². The van der Waals surface area contributed by atoms with Gasteiger partial charge in [-0.1, -0.05) is 12.1 Å². The molecule has 2 heteroatoms. The molecule has 2 aliphatic rings. The minimum atomic E-state index is -0.0719. The van der Waals surface area contributed by atoms with Crippen molar-refractivity contribution in [2.75, 3.05) is 0 Å². The summed E-state index contributed by atoms with van der Waals surface area (Å²) in [5.74, 6) is 1.55. The molecule has 0 radical (unpaired) electrons. The van der Waals surface area contributed by atoms with E-state index < -0.39 is 0 Å². The van der Waals surface area contributed by atoms with Gasteiger partial charge in [0.2, 0.25) is 0 Å². The number of ether oxygens (including phenoxy) is 1. The van der Waals surface area contributed by atoms with Crippen LogP contribution in [0.25, 0.3) is 0 Å². The third-order valence-electron chi connectivity index (χ3n) is 3.29. The number of rotatable bonds is 3. The van der Waals surface area contributed by atoms with E-state index in [0.29, 0.717) is 12.0 Å². The molecule has 3 rings (SSSR count). The van der Waals surface area contributed by atoms with Crippen molar-refractivity contribution >= 4 is 0 Å². The smallest absolute Gasteiger partial charge is 0.119 e. The minimum Gasteiger partial charge on any atom is -0.490 e. The van der Waals surface area contributed by atoms with Gasteiger partial charge in [-0.3, -0.25) is 0 Å². The summed E-state index contributed by atoms with van der Waals surface area (Å²) < 4.78 is 5.68. The van der Waals surface area contributed by atoms with Crippen LogP contribution in [0.15, 0.2) is 24.3 Å². The summed E-state index contributed by atoms with van der Waals surface area (Å²) in [5.41, 5.74) is 1.34. The van der Waals surface area contributed by atoms with Crippen molar-refractivity contribution in [2.24, 2.45) is 0 Å². The van der Waals surface area contributed by atoms with Crippen molar-refractivity contribution in [2.45, 2.75) is 43.8 Å². The van der Waals surface area contributed by atoms with Crippen LogP contribution in [-0.4, -0.2) is 17.3 Å². The number of benzene rings is 1. The van der Waals surface area contributed by atoms with E-state index in [1.165, 1.54) is 18.4 Å². The Bertz CT molecular complexity index is 334. The number of aliphatic hydroxyl groups excluding tert-OH is 1. The third-order valence-corrected chi connectivity index (χ3v) is 3.29. The maximum absolute atomic E-state index is 9.24. The van der Waals surface area contributed by atoms with Crippen LogP contribution in [0.4, 0.5) is 0 Å². The molecule has 0 amide bonds. The van der Waals surface area contributed by atoms with E-state index in [1.807, 2.05) is 0 Å². The molecule has 0 spiro atoms. The molecule has 2 nitrogen and oxygen atoms in total. The fraction of sp³-hybridized carbons (Fsp3) is 0.538. The summed E-state index contributed by atoms with van der Waals surface area (Å²) in [6.45, 7) is 0. The van der Waals surface area contributed by atoms with Gasteiger partial charge in [-0.2, -0.15) is 0 Å². The molecule has 0 saturated heterocycles. The summed E-state index contributed by atoms with van der Waals surface area (Å²) in [4.78, 5) is 0. The van der Waals surface area contributed by atoms with Gasteiger partial charge in [-0.15, -0.1) is 0 Å². The van der Waals surface area contributed by atoms with Crippen LogP contribution < -0.4 is 4.74 Å². The first-order valence-corrected chi connectivity index (χ1v) is 5.76. The molecule has 0 atom stereocenters. The number of aliphatic hydroxyl groups is 1. The Labute approximate surface area is 89.9 Å². The second-order valence-corrected chi connectivity index (χ2v) is 4.71. The van der Waals surface area contributed by atoms with E-state index in [1.54, 1.807) is 0 Å². The average molecular weight is 204 g/mol. The lowest BCUT2D eigenvalue weighted by Gasteiger charge is -2.31. The van der Waals surface area contributed by atoms with Gasteiger partial charge in [0.15, 0.2) is 0 Å². The quantitative estimate of drug-likeness (QED) is 0.819. The predicted octanol–water partition coefficient (Wildman–Crippen LogP) is 2.47. The van der Waals surface area contributed by atoms with Crippen molar-refractivity contribution in [1.82, 2.24) is 0 Å². The highest BCUT2D eigenvalue weighted by atomic mass is 16.5. The Morgan fingerprint density at radius 3 is 2.27 bits per heavy atom. The largest absolute Gasteiger partial charge is 0.490 e. The van der Waals surface area contributed by atoms with E-state index in [9.17, 15) is 5.11 Å². The molecule has 2 saturated carbocycles. The highest BCUT2D eigenvalue weighted by molar-refractivity contribution is 5.31. The summed E-state index contributed by atoms with van der Waals surface area (Å²) in [5, 5.41) is 9.24. The first-order valence-electron chi connectivity index (χ1n) is 5.76. The SMILES string of the molecule is OC1CC(c2ccc(OC3CC3)cc2)C1. The Kier molecular flexibility index (Phi) is 2.17. The second-order valence-electron chi connectivity index (χ2n) is 4.71. The molecule has 2 fully saturated rings. The van der Waals surface area contributed by atoms with E-state index >= 15 is 0 Å². The fourth-order valence-corrected chi connectivity index (χ4v) is 2.06. The Balaban J connectivity index is 1.64. The van der Waals surface area contributed by atoms with Crippen LogP contribution in [-0.2, 0) is 0 Å². The van der Waals surface area contributed by atoms with E-state index in [4.69, 9.17) is 4.74 Å². The lowest BCUT2D eigenvalue weighted by Crippen LogP contribution is -2.26. The Hall–Kier alpha value is -1.02. The van der Waals surface area contributed by atoms with Gasteiger partial charge in [0, 0.05) is 0 Å². The van der Waals surface area contributed by atoms with E-state index in [2.05, 4.69) is 24.3 Å². The van der Waals surface area contributed by atoms with Crippen molar-refractivity contribution in [3.8, 4) is 5.75 Å². The maximum Gasteiger partial charge on any atom is 0.119 e. The van der Waals surface area contributed by atoms with E-state index in [-0.39, 0.29) is 6.10 Å². The van der Waals surface area contributed by atoms with Crippen LogP contribution >= 0.6 is 0 Å². The highest BCUT2D eigenvalue weighted by Crippen LogP contribution is 2.37. The van der Waals surface area contributed by atoms with Crippen molar-refractivity contribution < 1.29 is 9.84 Å². The summed E-state index contributed by atoms with van der Waals surface area (Å²) in [7, 11) is 0. The van der Waals surface area contributed by atoms with Crippen LogP contribution in [0, 0.1) is 0 Å². The molecule has 0 bridgehead atoms. The first kappa shape index (κ1) is 9.22. The zero-order valence-electron chi connectivity index (χ0n) is 8.73. The second kappa shape index (κ2) is 3.53. The van der Waals surface area contributed by atoms with Gasteiger partial charge in [-0.25, -0.2) is 0 Å². The number of hydrogen-bond donors (Lipinski definition) is 1. The van der Waals surface area contributed by atoms with Crippen molar-refractivity contribution in [3.63, 3.8) is 0 Å². The molecule has 1 N–H and O–H groups in total. The van der Waals surface area contributed by atoms with Crippen LogP contribution in [0.5, 0.6) is 5.75 Å². The van der Waals surface area contributed by atoms with Gasteiger partial charge >= 0.3 is 0 Å². The summed E-state index contributed by atoms with van der Waals surface area (Å²) in [6.07, 6.45) is 4.65. The van der Waals surface area contributed by atoms with Crippen molar-refractivity contribution in [1.29, 1.82) is 0 Å². The van der Waals surface area contributed by atoms with Gasteiger partial charge in [0.25, 0.3) is 0 Å². The topological polar surface area (TPSA) is 29.5 Å². The highest BCUT2D eigenvalue weighted by Gasteiger charge is 2.28. The molecular weight excluding hydrogens is 188 g/mol. The molecule has 1 aromatic carbocycles. The lowest BCUT2D eigenvalue weighted by atomic mass is 9.78. The number of hydrogen-bond acceptors (Lipinski definition) is 2. The molecule has 15 heavy (non-hydrogen) atoms. The van der Waals surface area contributed by atoms with Gasteiger partial charge in [0.05, 0.1) is 12.2 Å². The van der Waals surface area contributed by atoms with Crippen LogP contribution in [0.2, 0.25) is 0 Å². The van der Waals surface area contributed by atoms with Crippen molar-refractivity contribution in [3.05, 3.63) is 29.8 Å². The summed E-state index contributed by atoms with van der Waals surface area (Å²) in [6, 6.07) is 8.37. The zero-order valence-corrected chi connectivity index (χ0v) is 8.73. The van der Waals surface area contributed by atoms with Gasteiger partial charge in [-0.05, 0) is 49.3 Å². The molecule has 2 aliphatic carbocycles. The first-order chi connectivity index (χ1) is 7.31. The Morgan fingerprint density at radius 2 is 1.73 bits per heavy atom. The molecule has 0 heterocycles. The molecule has 1 aromatic rings. The minimum absolute atomic E-state index is 0.0719. The Morgan fingerprint density at radius 1 is 1.07 bits per heavy atom. The summed E-state index contributed by atoms with van der Waals surface area (Å²) >= 11 is 0. The van der Waals surface area contributed by atoms with E-state index in [0.717, 1.165) is 18.6 Å². The standard InChI is InChI=1S/C13H16O2/c14-11-7-10(8-11)9-1-3-12(4-2-9)15-13-5-6-13/h1-4,10-11,13-14H,5-8H2. The third kappa shape index (κ3) is 2.00. The molecule has 80 valence electrons. The average Bonchev–Trinajstić information content (AvgIpc) is 2.99. The fourth-order valence-electron chi connectivity index (χ4n) is 2.06. The monoisotopic (exact) mass is 204 g/mol. The normalized spacial score (nSPS) is 29.7. The lowest BCUT2D eigenvalue weighted by molar-refractivity contribution is 0.0746. The molecular formula is C13H16O2. The molecule has 0 aliphatic heterocycles. The zero-order chi connectivity index (χ0) is 10.3. The van der Waals surface area contributed by atoms with Crippen LogP contribution in [0.1, 0.15) is 37.2 Å². The van der Waals surface area contributed by atoms with Crippen LogP contribution in [0.3, 0.4) is 0 Å². The molecule has 0 aromatic heterocycles. The molecule has 0 unspecified atom stereocenters. The maximum atomic E-state index is 9.24.